The Balaban J connectivity index is 3.13. The van der Waals surface area contributed by atoms with Gasteiger partial charge in [0.1, 0.15) is 0 Å². The smallest absolute Gasteiger partial charge is 0.0701 e. The molecule has 0 aliphatic carbocycles. The van der Waals surface area contributed by atoms with Crippen LogP contribution in [0.25, 0.3) is 0 Å². The molecule has 0 rings (SSSR count). The minimum Gasteiger partial charge on any atom is -0.392 e. The molecule has 2 atom stereocenters. The highest BCUT2D eigenvalue weighted by molar-refractivity contribution is 6.20. The van der Waals surface area contributed by atoms with Crippen molar-refractivity contribution in [3.8, 4) is 0 Å². The lowest BCUT2D eigenvalue weighted by molar-refractivity contribution is 0.160. The molecule has 0 aliphatic heterocycles. The first-order valence-electron chi connectivity index (χ1n) is 4.00. The number of alkyl halides is 1. The molecule has 0 amide bonds. The van der Waals surface area contributed by atoms with Crippen molar-refractivity contribution in [1.29, 1.82) is 0 Å². The van der Waals surface area contributed by atoms with Gasteiger partial charge >= 0.3 is 0 Å². The molecule has 62 valence electrons. The summed E-state index contributed by atoms with van der Waals surface area (Å²) < 4.78 is 0. The summed E-state index contributed by atoms with van der Waals surface area (Å²) in [4.78, 5) is 0. The second-order valence-electron chi connectivity index (χ2n) is 2.74. The van der Waals surface area contributed by atoms with E-state index in [2.05, 4.69) is 6.92 Å². The van der Waals surface area contributed by atoms with Crippen LogP contribution in [0.4, 0.5) is 0 Å². The topological polar surface area (TPSA) is 20.2 Å². The van der Waals surface area contributed by atoms with Gasteiger partial charge < -0.3 is 5.11 Å². The standard InChI is InChI=1S/C8H17ClO/c1-3-4-5-6-8(10)7(2)9/h7-8,10H,3-6H2,1-2H3. The molecular formula is C8H17ClO. The first-order chi connectivity index (χ1) is 4.68. The second kappa shape index (κ2) is 5.99. The van der Waals surface area contributed by atoms with Crippen molar-refractivity contribution < 1.29 is 5.11 Å². The Morgan fingerprint density at radius 1 is 1.40 bits per heavy atom. The van der Waals surface area contributed by atoms with Crippen LogP contribution in [0.3, 0.4) is 0 Å². The molecule has 0 aromatic carbocycles. The molecule has 0 radical (unpaired) electrons. The fourth-order valence-electron chi connectivity index (χ4n) is 0.833. The van der Waals surface area contributed by atoms with Gasteiger partial charge in [0.05, 0.1) is 11.5 Å². The van der Waals surface area contributed by atoms with E-state index in [1.807, 2.05) is 6.92 Å². The highest BCUT2D eigenvalue weighted by Crippen LogP contribution is 2.09. The van der Waals surface area contributed by atoms with Crippen LogP contribution in [0.2, 0.25) is 0 Å². The zero-order valence-electron chi connectivity index (χ0n) is 6.81. The van der Waals surface area contributed by atoms with Crippen LogP contribution in [-0.2, 0) is 0 Å². The van der Waals surface area contributed by atoms with Crippen LogP contribution in [0.5, 0.6) is 0 Å². The van der Waals surface area contributed by atoms with Gasteiger partial charge in [0.2, 0.25) is 0 Å². The molecule has 0 aromatic rings. The first kappa shape index (κ1) is 10.2. The molecule has 0 aliphatic rings. The van der Waals surface area contributed by atoms with Crippen LogP contribution in [0.15, 0.2) is 0 Å². The zero-order chi connectivity index (χ0) is 7.98. The number of halogens is 1. The van der Waals surface area contributed by atoms with Gasteiger partial charge in [0.15, 0.2) is 0 Å². The van der Waals surface area contributed by atoms with E-state index in [0.29, 0.717) is 0 Å². The third-order valence-electron chi connectivity index (χ3n) is 1.63. The van der Waals surface area contributed by atoms with E-state index in [1.165, 1.54) is 12.8 Å². The van der Waals surface area contributed by atoms with Crippen molar-refractivity contribution in [2.75, 3.05) is 0 Å². The van der Waals surface area contributed by atoms with Crippen LogP contribution >= 0.6 is 11.6 Å². The minimum absolute atomic E-state index is 0.100. The summed E-state index contributed by atoms with van der Waals surface area (Å²) in [6.45, 7) is 3.98. The van der Waals surface area contributed by atoms with Crippen molar-refractivity contribution in [2.24, 2.45) is 0 Å². The van der Waals surface area contributed by atoms with Gasteiger partial charge in [0.25, 0.3) is 0 Å². The molecule has 0 saturated carbocycles. The van der Waals surface area contributed by atoms with Gasteiger partial charge in [-0.2, -0.15) is 0 Å². The molecular weight excluding hydrogens is 148 g/mol. The lowest BCUT2D eigenvalue weighted by Crippen LogP contribution is -2.16. The van der Waals surface area contributed by atoms with E-state index < -0.39 is 0 Å². The van der Waals surface area contributed by atoms with Crippen molar-refractivity contribution >= 4 is 11.6 Å². The number of aliphatic hydroxyl groups is 1. The van der Waals surface area contributed by atoms with Crippen molar-refractivity contribution in [2.45, 2.75) is 51.0 Å². The van der Waals surface area contributed by atoms with E-state index in [4.69, 9.17) is 11.6 Å². The number of hydrogen-bond acceptors (Lipinski definition) is 1. The highest BCUT2D eigenvalue weighted by Gasteiger charge is 2.09. The Morgan fingerprint density at radius 3 is 2.40 bits per heavy atom. The Bertz CT molecular complexity index is 73.7. The molecule has 2 heteroatoms. The van der Waals surface area contributed by atoms with Crippen LogP contribution in [-0.4, -0.2) is 16.6 Å². The Labute approximate surface area is 68.4 Å². The zero-order valence-corrected chi connectivity index (χ0v) is 7.56. The van der Waals surface area contributed by atoms with Gasteiger partial charge in [-0.05, 0) is 13.3 Å². The predicted octanol–water partition coefficient (Wildman–Crippen LogP) is 2.55. The summed E-state index contributed by atoms with van der Waals surface area (Å²) in [5, 5.41) is 9.12. The molecule has 0 spiro atoms. The molecule has 0 saturated heterocycles. The van der Waals surface area contributed by atoms with E-state index >= 15 is 0 Å². The molecule has 0 fully saturated rings. The van der Waals surface area contributed by atoms with Gasteiger partial charge in [-0.3, -0.25) is 0 Å². The maximum atomic E-state index is 9.22. The molecule has 0 heterocycles. The maximum absolute atomic E-state index is 9.22. The summed E-state index contributed by atoms with van der Waals surface area (Å²) in [5.74, 6) is 0. The number of aliphatic hydroxyl groups excluding tert-OH is 1. The molecule has 0 bridgehead atoms. The fourth-order valence-corrected chi connectivity index (χ4v) is 0.959. The van der Waals surface area contributed by atoms with E-state index in [9.17, 15) is 5.11 Å². The van der Waals surface area contributed by atoms with Gasteiger partial charge in [-0.1, -0.05) is 26.2 Å². The first-order valence-corrected chi connectivity index (χ1v) is 4.44. The number of rotatable bonds is 5. The van der Waals surface area contributed by atoms with Gasteiger partial charge in [-0.25, -0.2) is 0 Å². The van der Waals surface area contributed by atoms with Crippen LogP contribution < -0.4 is 0 Å². The number of hydrogen-bond donors (Lipinski definition) is 1. The SMILES string of the molecule is CCCCCC(O)C(C)Cl. The van der Waals surface area contributed by atoms with Crippen LogP contribution in [0, 0.1) is 0 Å². The summed E-state index contributed by atoms with van der Waals surface area (Å²) in [7, 11) is 0. The van der Waals surface area contributed by atoms with E-state index in [1.54, 1.807) is 0 Å². The molecule has 10 heavy (non-hydrogen) atoms. The summed E-state index contributed by atoms with van der Waals surface area (Å²) in [5.41, 5.74) is 0. The molecule has 2 unspecified atom stereocenters. The summed E-state index contributed by atoms with van der Waals surface area (Å²) in [6.07, 6.45) is 4.02. The largest absolute Gasteiger partial charge is 0.392 e. The predicted molar refractivity (Wildman–Crippen MR) is 45.5 cm³/mol. The average Bonchev–Trinajstić information content (AvgIpc) is 1.88. The minimum atomic E-state index is -0.312. The van der Waals surface area contributed by atoms with E-state index in [-0.39, 0.29) is 11.5 Å². The quantitative estimate of drug-likeness (QED) is 0.489. The van der Waals surface area contributed by atoms with Gasteiger partial charge in [-0.15, -0.1) is 11.6 Å². The molecule has 1 nitrogen and oxygen atoms in total. The molecule has 1 N–H and O–H groups in total. The van der Waals surface area contributed by atoms with Crippen molar-refractivity contribution in [3.05, 3.63) is 0 Å². The third-order valence-corrected chi connectivity index (χ3v) is 1.92. The second-order valence-corrected chi connectivity index (χ2v) is 3.43. The lowest BCUT2D eigenvalue weighted by Gasteiger charge is -2.11. The average molecular weight is 165 g/mol. The molecule has 0 aromatic heterocycles. The normalized spacial score (nSPS) is 16.8. The van der Waals surface area contributed by atoms with E-state index in [0.717, 1.165) is 12.8 Å². The third kappa shape index (κ3) is 5.07. The fraction of sp³-hybridized carbons (Fsp3) is 1.00. The lowest BCUT2D eigenvalue weighted by atomic mass is 10.1. The van der Waals surface area contributed by atoms with Crippen molar-refractivity contribution in [3.63, 3.8) is 0 Å². The summed E-state index contributed by atoms with van der Waals surface area (Å²) in [6, 6.07) is 0. The highest BCUT2D eigenvalue weighted by atomic mass is 35.5. The van der Waals surface area contributed by atoms with Crippen LogP contribution in [0.1, 0.15) is 39.5 Å². The maximum Gasteiger partial charge on any atom is 0.0701 e. The summed E-state index contributed by atoms with van der Waals surface area (Å²) >= 11 is 5.66. The number of unbranched alkanes of at least 4 members (excludes halogenated alkanes) is 2. The Morgan fingerprint density at radius 2 is 2.00 bits per heavy atom. The Kier molecular flexibility index (Phi) is 6.14. The monoisotopic (exact) mass is 164 g/mol. The Hall–Kier alpha value is 0.250. The van der Waals surface area contributed by atoms with Crippen molar-refractivity contribution in [1.82, 2.24) is 0 Å². The van der Waals surface area contributed by atoms with Gasteiger partial charge in [0, 0.05) is 0 Å².